The van der Waals surface area contributed by atoms with Crippen LogP contribution in [0.1, 0.15) is 49.0 Å². The van der Waals surface area contributed by atoms with Gasteiger partial charge in [-0.05, 0) is 54.5 Å². The lowest BCUT2D eigenvalue weighted by atomic mass is 9.91. The SMILES string of the molecule is C=C(CCC(=O)Nc1ccc(Br)cc1C(=O)N1C[C@H](C)C[C@H](C)C1)N(C)Cc1cccnc1. The van der Waals surface area contributed by atoms with E-state index in [0.717, 1.165) is 35.2 Å². The molecule has 1 aliphatic rings. The Bertz CT molecular complexity index is 985. The Kier molecular flexibility index (Phi) is 8.67. The Morgan fingerprint density at radius 3 is 2.61 bits per heavy atom. The summed E-state index contributed by atoms with van der Waals surface area (Å²) < 4.78 is 0.812. The van der Waals surface area contributed by atoms with Crippen molar-refractivity contribution >= 4 is 33.4 Å². The second-order valence-corrected chi connectivity index (χ2v) is 10.1. The van der Waals surface area contributed by atoms with Crippen LogP contribution >= 0.6 is 15.9 Å². The quantitative estimate of drug-likeness (QED) is 0.519. The van der Waals surface area contributed by atoms with E-state index in [-0.39, 0.29) is 18.2 Å². The second kappa shape index (κ2) is 11.5. The van der Waals surface area contributed by atoms with E-state index in [1.807, 2.05) is 41.2 Å². The molecule has 0 bridgehead atoms. The number of nitrogens with one attached hydrogen (secondary N) is 1. The highest BCUT2D eigenvalue weighted by Crippen LogP contribution is 2.27. The lowest BCUT2D eigenvalue weighted by molar-refractivity contribution is -0.116. The Balaban J connectivity index is 1.60. The fourth-order valence-corrected chi connectivity index (χ4v) is 4.70. The normalized spacial score (nSPS) is 18.0. The fraction of sp³-hybridized carbons (Fsp3) is 0.423. The molecule has 33 heavy (non-hydrogen) atoms. The van der Waals surface area contributed by atoms with Crippen LogP contribution in [0.4, 0.5) is 5.69 Å². The van der Waals surface area contributed by atoms with Crippen LogP contribution in [0.5, 0.6) is 0 Å². The predicted molar refractivity (Wildman–Crippen MR) is 136 cm³/mol. The van der Waals surface area contributed by atoms with Crippen LogP contribution in [0.3, 0.4) is 0 Å². The lowest BCUT2D eigenvalue weighted by Gasteiger charge is -2.35. The van der Waals surface area contributed by atoms with Crippen LogP contribution in [-0.2, 0) is 11.3 Å². The van der Waals surface area contributed by atoms with Gasteiger partial charge in [0.15, 0.2) is 0 Å². The van der Waals surface area contributed by atoms with Crippen LogP contribution < -0.4 is 5.32 Å². The molecule has 0 radical (unpaired) electrons. The molecule has 0 unspecified atom stereocenters. The average Bonchev–Trinajstić information content (AvgIpc) is 2.78. The first-order chi connectivity index (χ1) is 15.7. The van der Waals surface area contributed by atoms with Gasteiger partial charge in [0.2, 0.25) is 5.91 Å². The molecule has 2 heterocycles. The van der Waals surface area contributed by atoms with E-state index in [9.17, 15) is 9.59 Å². The third-order valence-electron chi connectivity index (χ3n) is 5.97. The van der Waals surface area contributed by atoms with Crippen molar-refractivity contribution in [1.29, 1.82) is 0 Å². The zero-order valence-electron chi connectivity index (χ0n) is 19.7. The van der Waals surface area contributed by atoms with E-state index in [1.165, 1.54) is 0 Å². The summed E-state index contributed by atoms with van der Waals surface area (Å²) in [4.78, 5) is 34.1. The molecular formula is C26H33BrN4O2. The number of hydrogen-bond donors (Lipinski definition) is 1. The molecular weight excluding hydrogens is 480 g/mol. The monoisotopic (exact) mass is 512 g/mol. The maximum absolute atomic E-state index is 13.3. The first-order valence-electron chi connectivity index (χ1n) is 11.4. The topological polar surface area (TPSA) is 65.5 Å². The smallest absolute Gasteiger partial charge is 0.256 e. The number of nitrogens with zero attached hydrogens (tertiary/aromatic N) is 3. The number of likely N-dealkylation sites (tertiary alicyclic amines) is 1. The summed E-state index contributed by atoms with van der Waals surface area (Å²) >= 11 is 3.47. The summed E-state index contributed by atoms with van der Waals surface area (Å²) in [7, 11) is 1.96. The Morgan fingerprint density at radius 1 is 1.21 bits per heavy atom. The number of aromatic nitrogens is 1. The lowest BCUT2D eigenvalue weighted by Crippen LogP contribution is -2.42. The van der Waals surface area contributed by atoms with Gasteiger partial charge in [0, 0.05) is 55.7 Å². The number of amides is 2. The van der Waals surface area contributed by atoms with Crippen molar-refractivity contribution in [2.24, 2.45) is 11.8 Å². The highest BCUT2D eigenvalue weighted by atomic mass is 79.9. The third kappa shape index (κ3) is 7.16. The molecule has 1 aromatic carbocycles. The van der Waals surface area contributed by atoms with Crippen molar-refractivity contribution in [2.75, 3.05) is 25.5 Å². The summed E-state index contributed by atoms with van der Waals surface area (Å²) in [5, 5.41) is 2.95. The maximum atomic E-state index is 13.3. The molecule has 2 atom stereocenters. The van der Waals surface area contributed by atoms with Gasteiger partial charge in [-0.3, -0.25) is 14.6 Å². The molecule has 3 rings (SSSR count). The minimum absolute atomic E-state index is 0.0365. The molecule has 6 nitrogen and oxygen atoms in total. The van der Waals surface area contributed by atoms with E-state index in [4.69, 9.17) is 0 Å². The largest absolute Gasteiger partial charge is 0.374 e. The van der Waals surface area contributed by atoms with Gasteiger partial charge >= 0.3 is 0 Å². The highest BCUT2D eigenvalue weighted by molar-refractivity contribution is 9.10. The molecule has 0 aliphatic carbocycles. The van der Waals surface area contributed by atoms with Gasteiger partial charge in [0.1, 0.15) is 0 Å². The number of hydrogen-bond acceptors (Lipinski definition) is 4. The van der Waals surface area contributed by atoms with Crippen LogP contribution in [-0.4, -0.2) is 46.7 Å². The minimum atomic E-state index is -0.136. The van der Waals surface area contributed by atoms with Crippen molar-refractivity contribution < 1.29 is 9.59 Å². The molecule has 1 aromatic heterocycles. The predicted octanol–water partition coefficient (Wildman–Crippen LogP) is 5.33. The van der Waals surface area contributed by atoms with Crippen LogP contribution in [0, 0.1) is 11.8 Å². The molecule has 2 aromatic rings. The molecule has 1 aliphatic heterocycles. The van der Waals surface area contributed by atoms with Gasteiger partial charge in [0.25, 0.3) is 5.91 Å². The number of halogens is 1. The van der Waals surface area contributed by atoms with Gasteiger partial charge in [-0.25, -0.2) is 0 Å². The molecule has 1 saturated heterocycles. The van der Waals surface area contributed by atoms with Gasteiger partial charge in [-0.2, -0.15) is 0 Å². The fourth-order valence-electron chi connectivity index (χ4n) is 4.34. The summed E-state index contributed by atoms with van der Waals surface area (Å²) in [5.41, 5.74) is 3.03. The number of carbonyl (C=O) groups is 2. The standard InChI is InChI=1S/C26H33BrN4O2/c1-18-12-19(2)16-31(15-18)26(33)23-13-22(27)8-9-24(23)29-25(32)10-7-20(3)30(4)17-21-6-5-11-28-14-21/h5-6,8-9,11,13-14,18-19H,3,7,10,12,15-17H2,1-2,4H3,(H,29,32)/t18-,19+. The number of piperidine rings is 1. The molecule has 1 fully saturated rings. The number of anilines is 1. The zero-order valence-corrected chi connectivity index (χ0v) is 21.3. The molecule has 176 valence electrons. The third-order valence-corrected chi connectivity index (χ3v) is 6.46. The van der Waals surface area contributed by atoms with E-state index < -0.39 is 0 Å². The summed E-state index contributed by atoms with van der Waals surface area (Å²) in [6.45, 7) is 10.6. The molecule has 0 saturated carbocycles. The Hall–Kier alpha value is -2.67. The van der Waals surface area contributed by atoms with Crippen molar-refractivity contribution in [2.45, 2.75) is 39.7 Å². The first kappa shape index (κ1) is 25.0. The number of allylic oxidation sites excluding steroid dienone is 1. The second-order valence-electron chi connectivity index (χ2n) is 9.18. The van der Waals surface area contributed by atoms with Crippen molar-refractivity contribution in [3.8, 4) is 0 Å². The number of pyridine rings is 1. The van der Waals surface area contributed by atoms with Crippen LogP contribution in [0.2, 0.25) is 0 Å². The minimum Gasteiger partial charge on any atom is -0.374 e. The van der Waals surface area contributed by atoms with Crippen molar-refractivity contribution in [3.05, 3.63) is 70.6 Å². The Labute approximate surface area is 205 Å². The van der Waals surface area contributed by atoms with E-state index >= 15 is 0 Å². The Morgan fingerprint density at radius 2 is 1.94 bits per heavy atom. The summed E-state index contributed by atoms with van der Waals surface area (Å²) in [5.74, 6) is 0.767. The van der Waals surface area contributed by atoms with Gasteiger partial charge < -0.3 is 15.1 Å². The average molecular weight is 513 g/mol. The van der Waals surface area contributed by atoms with Crippen molar-refractivity contribution in [3.63, 3.8) is 0 Å². The summed E-state index contributed by atoms with van der Waals surface area (Å²) in [6.07, 6.45) is 5.52. The molecule has 7 heteroatoms. The summed E-state index contributed by atoms with van der Waals surface area (Å²) in [6, 6.07) is 9.34. The number of carbonyl (C=O) groups excluding carboxylic acids is 2. The maximum Gasteiger partial charge on any atom is 0.256 e. The van der Waals surface area contributed by atoms with Crippen molar-refractivity contribution in [1.82, 2.24) is 14.8 Å². The van der Waals surface area contributed by atoms with Gasteiger partial charge in [0.05, 0.1) is 11.3 Å². The highest BCUT2D eigenvalue weighted by Gasteiger charge is 2.27. The van der Waals surface area contributed by atoms with Gasteiger partial charge in [-0.1, -0.05) is 42.4 Å². The first-order valence-corrected chi connectivity index (χ1v) is 12.2. The number of benzene rings is 1. The van der Waals surface area contributed by atoms with Crippen LogP contribution in [0.25, 0.3) is 0 Å². The molecule has 0 spiro atoms. The number of rotatable bonds is 8. The van der Waals surface area contributed by atoms with E-state index in [2.05, 4.69) is 46.7 Å². The van der Waals surface area contributed by atoms with Crippen LogP contribution in [0.15, 0.2) is 59.5 Å². The van der Waals surface area contributed by atoms with E-state index in [1.54, 1.807) is 18.3 Å². The molecule has 1 N–H and O–H groups in total. The molecule has 2 amide bonds. The zero-order chi connectivity index (χ0) is 24.0. The van der Waals surface area contributed by atoms with E-state index in [0.29, 0.717) is 36.1 Å². The van der Waals surface area contributed by atoms with Gasteiger partial charge in [-0.15, -0.1) is 0 Å².